The first-order valence-electron chi connectivity index (χ1n) is 40.0. The lowest BCUT2D eigenvalue weighted by atomic mass is 9.98. The molecule has 38 heteroatoms. The Morgan fingerprint density at radius 1 is 0.520 bits per heavy atom. The van der Waals surface area contributed by atoms with Gasteiger partial charge in [-0.2, -0.15) is 13.2 Å². The van der Waals surface area contributed by atoms with Crippen molar-refractivity contribution >= 4 is 80.6 Å². The highest BCUT2D eigenvalue weighted by molar-refractivity contribution is 14.1. The number of carbonyl (C=O) groups excluding carboxylic acids is 4. The zero-order valence-electron chi connectivity index (χ0n) is 68.3. The van der Waals surface area contributed by atoms with Crippen LogP contribution in [-0.4, -0.2) is 147 Å². The number of amides is 3. The highest BCUT2D eigenvalue weighted by atomic mass is 127. The lowest BCUT2D eigenvalue weighted by Crippen LogP contribution is -2.68. The number of hydrogen-bond donors (Lipinski definition) is 2. The van der Waals surface area contributed by atoms with Crippen LogP contribution in [0.3, 0.4) is 0 Å². The van der Waals surface area contributed by atoms with Crippen LogP contribution in [0.1, 0.15) is 158 Å². The van der Waals surface area contributed by atoms with Crippen molar-refractivity contribution in [3.8, 4) is 49.0 Å². The quantitative estimate of drug-likeness (QED) is 0.0417. The molecule has 25 nitrogen and oxygen atoms in total. The Bertz CT molecular complexity index is 6280. The molecule has 6 aliphatic carbocycles. The molecule has 9 heterocycles. The number of nitrogens with zero attached hydrogens (tertiary/aromatic N) is 14. The molecule has 3 spiro atoms. The van der Waals surface area contributed by atoms with Gasteiger partial charge in [0.05, 0.1) is 16.7 Å². The minimum atomic E-state index is -4.64. The lowest BCUT2D eigenvalue weighted by molar-refractivity contribution is -0.156. The average Bonchev–Trinajstić information content (AvgIpc) is 1.50. The second-order valence-corrected chi connectivity index (χ2v) is 35.4. The van der Waals surface area contributed by atoms with Gasteiger partial charge < -0.3 is 29.7 Å². The minimum Gasteiger partial charge on any atom is -0.502 e. The fraction of sp³-hybridized carbons (Fsp3) is 0.368. The number of carbonyl (C=O) groups is 4. The van der Waals surface area contributed by atoms with Crippen LogP contribution in [0.5, 0.6) is 17.2 Å². The van der Waals surface area contributed by atoms with Gasteiger partial charge in [0.2, 0.25) is 22.6 Å². The molecule has 6 fully saturated rings. The molecule has 2 N–H and O–H groups in total. The van der Waals surface area contributed by atoms with Crippen LogP contribution in [0.4, 0.5) is 39.5 Å². The summed E-state index contributed by atoms with van der Waals surface area (Å²) in [6, 6.07) is 29.0. The van der Waals surface area contributed by atoms with E-state index in [9.17, 15) is 73.4 Å². The monoisotopic (exact) mass is 1890 g/mol. The predicted molar refractivity (Wildman–Crippen MR) is 456 cm³/mol. The summed E-state index contributed by atoms with van der Waals surface area (Å²) < 4.78 is 132. The fourth-order valence-electron chi connectivity index (χ4n) is 18.9. The number of halogens is 10. The molecule has 11 atom stereocenters. The van der Waals surface area contributed by atoms with E-state index >= 15 is 0 Å². The number of benzene rings is 5. The molecule has 3 amide bonds. The highest BCUT2D eigenvalue weighted by Crippen LogP contribution is 2.63. The molecule has 0 bridgehead atoms. The van der Waals surface area contributed by atoms with Gasteiger partial charge in [-0.3, -0.25) is 62.6 Å². The van der Waals surface area contributed by atoms with Gasteiger partial charge in [-0.05, 0) is 126 Å². The second kappa shape index (κ2) is 33.8. The van der Waals surface area contributed by atoms with Crippen molar-refractivity contribution in [2.75, 3.05) is 55.2 Å². The summed E-state index contributed by atoms with van der Waals surface area (Å²) >= 11 is 5.54. The number of aldehydes is 1. The summed E-state index contributed by atoms with van der Waals surface area (Å²) in [6.45, 7) is 3.68. The Kier molecular flexibility index (Phi) is 23.6. The van der Waals surface area contributed by atoms with E-state index in [0.717, 1.165) is 121 Å². The van der Waals surface area contributed by atoms with E-state index < -0.39 is 104 Å². The van der Waals surface area contributed by atoms with Crippen molar-refractivity contribution in [2.24, 2.45) is 35.5 Å². The maximum absolute atomic E-state index is 14.5. The fourth-order valence-corrected chi connectivity index (χ4v) is 21.6. The number of fused-ring (bicyclic) bond motifs is 9. The van der Waals surface area contributed by atoms with Crippen LogP contribution >= 0.6 is 56.6 Å². The Balaban J connectivity index is 0.000000133. The summed E-state index contributed by atoms with van der Waals surface area (Å²) in [6.07, 6.45) is 7.97. The molecule has 0 saturated heterocycles. The summed E-state index contributed by atoms with van der Waals surface area (Å²) in [5.41, 5.74) is 0.140. The predicted octanol–water partition coefficient (Wildman–Crippen LogP) is 14.5. The normalized spacial score (nSPS) is 22.8. The van der Waals surface area contributed by atoms with Crippen molar-refractivity contribution in [1.29, 1.82) is 0 Å². The third-order valence-corrected chi connectivity index (χ3v) is 28.9. The molecule has 9 aliphatic rings. The van der Waals surface area contributed by atoms with E-state index in [1.807, 2.05) is 104 Å². The standard InChI is InChI=1S/C31H29F2N5O3S.C29H25F2N5O3S.C24H23F2N5O3S.C2HF3O.CH3I/c1-17(21-10-9-20(32)14-24(21)33)28-34-35-29(42-28)22-15-38-25(27(26(22)39)41-16-18-7-5-4-6-8-18)30(40)36(2)31(37(38)3)12-11-19-13-23(19)31;1-35-29(10-9-17-11-21(17)29)32-27(38)24-26(39-15-16-5-3-2-4-6-16)25(37)20(14-36(24)35)28-34-33-23(40-28)12-18-7-8-19(30)13-22(18)31;1-11(14-5-4-13(25)9-17(14)26)21-27-28-22(35-21)15-10-31-18(20(33)19(15)32)23(34)29(2)24(30(31)3)7-6-12-8-16(12)24;3-2(4,5)1-6;1-2/h4-10,14-15,17,19,23H,11-13,16H2,1-3H3;2-8,13-14,17,21H,9-12,15H2,1H3,(H,32,38);4-5,9-12,16,33H,6-8H2,1-3H3;1H;1H3/t17?,19-,23+,31?;17-,21+,29?;11?,12-,16+,24?;;/m111../s1. The van der Waals surface area contributed by atoms with Gasteiger partial charge in [0, 0.05) is 108 Å². The molecule has 6 aromatic heterocycles. The Hall–Kier alpha value is -11.4. The maximum Gasteiger partial charge on any atom is 0.446 e. The second-order valence-electron chi connectivity index (χ2n) is 32.3. The van der Waals surface area contributed by atoms with Gasteiger partial charge in [0.25, 0.3) is 17.7 Å². The van der Waals surface area contributed by atoms with Crippen molar-refractivity contribution in [2.45, 2.75) is 126 Å². The zero-order chi connectivity index (χ0) is 88.9. The first kappa shape index (κ1) is 87.1. The van der Waals surface area contributed by atoms with Gasteiger partial charge in [0.15, 0.2) is 49.4 Å². The Morgan fingerprint density at radius 2 is 0.928 bits per heavy atom. The summed E-state index contributed by atoms with van der Waals surface area (Å²) in [4.78, 5) is 96.0. The van der Waals surface area contributed by atoms with Crippen LogP contribution in [0, 0.1) is 70.4 Å². The Labute approximate surface area is 734 Å². The molecule has 652 valence electrons. The number of alkyl halides is 4. The molecule has 6 saturated carbocycles. The van der Waals surface area contributed by atoms with Gasteiger partial charge in [-0.1, -0.05) is 149 Å². The zero-order valence-corrected chi connectivity index (χ0v) is 72.9. The van der Waals surface area contributed by atoms with Crippen LogP contribution in [-0.2, 0) is 24.4 Å². The molecule has 125 heavy (non-hydrogen) atoms. The van der Waals surface area contributed by atoms with Crippen LogP contribution < -0.4 is 46.1 Å². The van der Waals surface area contributed by atoms with Crippen LogP contribution in [0.25, 0.3) is 31.7 Å². The largest absolute Gasteiger partial charge is 0.502 e. The summed E-state index contributed by atoms with van der Waals surface area (Å²) in [5, 5.41) is 47.6. The highest BCUT2D eigenvalue weighted by Gasteiger charge is 2.67. The van der Waals surface area contributed by atoms with Crippen LogP contribution in [0.2, 0.25) is 0 Å². The van der Waals surface area contributed by atoms with Gasteiger partial charge in [-0.25, -0.2) is 26.3 Å². The number of ether oxygens (including phenoxy) is 2. The molecular weight excluding hydrogens is 1810 g/mol. The van der Waals surface area contributed by atoms with Crippen LogP contribution in [0.15, 0.2) is 148 Å². The summed E-state index contributed by atoms with van der Waals surface area (Å²) in [7, 11) is 9.28. The minimum absolute atomic E-state index is 0.0466. The molecule has 3 aliphatic heterocycles. The van der Waals surface area contributed by atoms with E-state index in [-0.39, 0.29) is 98.4 Å². The molecule has 5 aromatic carbocycles. The van der Waals surface area contributed by atoms with Crippen molar-refractivity contribution < 1.29 is 73.3 Å². The number of nitrogens with one attached hydrogen (secondary N) is 1. The molecular formula is C87H81F9IN15O10S3. The first-order chi connectivity index (χ1) is 59.7. The SMILES string of the molecule is CC(c1nnc(-c2cn3c(c(O)c2=O)C(=O)N(C)C2(CC[C@@H]4C[C@@H]42)N3C)s1)c1ccc(F)cc1F.CC(c1nnc(-c2cn3c(c(OCc4ccccc4)c2=O)C(=O)N(C)C2(CC[C@@H]4C[C@@H]42)N3C)s1)c1ccc(F)cc1F.CI.CN1n2cc(-c3nnc(Cc4ccc(F)cc4F)s3)c(=O)c(OCc3ccccc3)c2C(=O)NC12CC[C@@H]1C[C@@H]12.O=CC(F)(F)F. The number of hydrogen-bond acceptors (Lipinski definition) is 22. The number of aromatic hydroxyl groups is 1. The summed E-state index contributed by atoms with van der Waals surface area (Å²) in [5.74, 6) is -3.98. The first-order valence-corrected chi connectivity index (χ1v) is 44.6. The van der Waals surface area contributed by atoms with E-state index in [2.05, 4.69) is 63.5 Å². The van der Waals surface area contributed by atoms with E-state index in [0.29, 0.717) is 60.5 Å². The molecule has 11 aromatic rings. The molecule has 20 rings (SSSR count). The van der Waals surface area contributed by atoms with Crippen molar-refractivity contribution in [3.63, 3.8) is 0 Å². The lowest BCUT2D eigenvalue weighted by Gasteiger charge is -2.52. The van der Waals surface area contributed by atoms with E-state index in [1.165, 1.54) is 42.6 Å². The van der Waals surface area contributed by atoms with Gasteiger partial charge >= 0.3 is 6.18 Å². The van der Waals surface area contributed by atoms with Crippen molar-refractivity contribution in [1.82, 2.24) is 59.7 Å². The van der Waals surface area contributed by atoms with Gasteiger partial charge in [-0.15, -0.1) is 30.6 Å². The third-order valence-electron chi connectivity index (χ3n) is 25.7. The number of pyridine rings is 3. The number of rotatable bonds is 15. The van der Waals surface area contributed by atoms with E-state index in [4.69, 9.17) is 14.3 Å². The topological polar surface area (TPSA) is 279 Å². The maximum atomic E-state index is 14.5. The average molecular weight is 1890 g/mol. The van der Waals surface area contributed by atoms with Gasteiger partial charge in [0.1, 0.15) is 80.1 Å². The molecule has 5 unspecified atom stereocenters. The smallest absolute Gasteiger partial charge is 0.446 e. The third kappa shape index (κ3) is 15.7. The number of aromatic nitrogens is 9. The van der Waals surface area contributed by atoms with E-state index in [1.54, 1.807) is 57.1 Å². The van der Waals surface area contributed by atoms with Crippen molar-refractivity contribution in [3.05, 3.63) is 259 Å². The molecule has 0 radical (unpaired) electrons. The Morgan fingerprint density at radius 3 is 1.36 bits per heavy atom.